The number of nitrogens with zero attached hydrogens (tertiary/aromatic N) is 2. The first kappa shape index (κ1) is 32.5. The van der Waals surface area contributed by atoms with Gasteiger partial charge in [0.25, 0.3) is 10.0 Å². The molecule has 3 aromatic rings. The Balaban J connectivity index is 2.08. The highest BCUT2D eigenvalue weighted by molar-refractivity contribution is 7.92. The van der Waals surface area contributed by atoms with Gasteiger partial charge in [0.1, 0.15) is 18.3 Å². The Morgan fingerprint density at radius 1 is 0.951 bits per heavy atom. The highest BCUT2D eigenvalue weighted by Gasteiger charge is 2.34. The Morgan fingerprint density at radius 3 is 2.20 bits per heavy atom. The fraction of sp³-hybridized carbons (Fsp3) is 0.310. The first-order chi connectivity index (χ1) is 19.4. The Labute approximate surface area is 256 Å². The molecule has 1 atom stereocenters. The standard InChI is InChI=1S/C29H32Cl3N3O5S/c1-5-27(29(37)33-19(2)3)34(17-20-9-14-25(31)26(32)15-20)28(36)18-35(22-8-6-7-21(30)16-22)41(38,39)24-12-10-23(40-4)11-13-24/h6-16,19,27H,5,17-18H2,1-4H3,(H,33,37)/t27-/m0/s1. The Kier molecular flexibility index (Phi) is 11.3. The van der Waals surface area contributed by atoms with Gasteiger partial charge in [-0.2, -0.15) is 0 Å². The summed E-state index contributed by atoms with van der Waals surface area (Å²) < 4.78 is 34.0. The summed E-state index contributed by atoms with van der Waals surface area (Å²) in [4.78, 5) is 28.6. The molecule has 0 fully saturated rings. The van der Waals surface area contributed by atoms with E-state index >= 15 is 0 Å². The van der Waals surface area contributed by atoms with Crippen molar-refractivity contribution in [2.45, 2.75) is 50.7 Å². The van der Waals surface area contributed by atoms with Crippen LogP contribution in [0.2, 0.25) is 15.1 Å². The summed E-state index contributed by atoms with van der Waals surface area (Å²) in [5, 5.41) is 3.78. The van der Waals surface area contributed by atoms with Gasteiger partial charge in [0, 0.05) is 17.6 Å². The van der Waals surface area contributed by atoms with E-state index in [1.165, 1.54) is 42.3 Å². The molecule has 0 radical (unpaired) electrons. The van der Waals surface area contributed by atoms with Gasteiger partial charge < -0.3 is 15.0 Å². The second-order valence-corrected chi connectivity index (χ2v) is 12.6. The van der Waals surface area contributed by atoms with Gasteiger partial charge in [0.2, 0.25) is 11.8 Å². The van der Waals surface area contributed by atoms with Crippen LogP contribution in [0.25, 0.3) is 0 Å². The van der Waals surface area contributed by atoms with Crippen molar-refractivity contribution in [3.05, 3.63) is 87.4 Å². The highest BCUT2D eigenvalue weighted by Crippen LogP contribution is 2.29. The maximum atomic E-state index is 14.1. The number of methoxy groups -OCH3 is 1. The zero-order chi connectivity index (χ0) is 30.3. The molecular formula is C29H32Cl3N3O5S. The van der Waals surface area contributed by atoms with E-state index in [9.17, 15) is 18.0 Å². The molecule has 0 spiro atoms. The summed E-state index contributed by atoms with van der Waals surface area (Å²) in [7, 11) is -2.77. The first-order valence-corrected chi connectivity index (χ1v) is 15.4. The number of carbonyl (C=O) groups excluding carboxylic acids is 2. The molecule has 220 valence electrons. The summed E-state index contributed by atoms with van der Waals surface area (Å²) in [6, 6.07) is 15.9. The topological polar surface area (TPSA) is 96.0 Å². The fourth-order valence-corrected chi connectivity index (χ4v) is 6.08. The van der Waals surface area contributed by atoms with Crippen LogP contribution in [0, 0.1) is 0 Å². The zero-order valence-corrected chi connectivity index (χ0v) is 26.2. The van der Waals surface area contributed by atoms with Crippen molar-refractivity contribution in [1.29, 1.82) is 0 Å². The molecule has 12 heteroatoms. The van der Waals surface area contributed by atoms with Crippen LogP contribution in [0.5, 0.6) is 5.75 Å². The third kappa shape index (κ3) is 8.29. The normalized spacial score (nSPS) is 12.1. The van der Waals surface area contributed by atoms with E-state index in [-0.39, 0.29) is 35.5 Å². The van der Waals surface area contributed by atoms with E-state index in [4.69, 9.17) is 39.5 Å². The SMILES string of the molecule is CC[C@@H](C(=O)NC(C)C)N(Cc1ccc(Cl)c(Cl)c1)C(=O)CN(c1cccc(Cl)c1)S(=O)(=O)c1ccc(OC)cc1. The summed E-state index contributed by atoms with van der Waals surface area (Å²) in [5.41, 5.74) is 0.812. The Bertz CT molecular complexity index is 1480. The number of anilines is 1. The molecule has 3 aromatic carbocycles. The largest absolute Gasteiger partial charge is 0.497 e. The van der Waals surface area contributed by atoms with E-state index < -0.39 is 28.5 Å². The minimum absolute atomic E-state index is 0.00822. The quantitative estimate of drug-likeness (QED) is 0.255. The number of ether oxygens (including phenoxy) is 1. The van der Waals surface area contributed by atoms with E-state index in [0.717, 1.165) is 4.31 Å². The summed E-state index contributed by atoms with van der Waals surface area (Å²) in [6.07, 6.45) is 0.286. The van der Waals surface area contributed by atoms with Gasteiger partial charge in [0.05, 0.1) is 27.7 Å². The van der Waals surface area contributed by atoms with Gasteiger partial charge in [-0.15, -0.1) is 0 Å². The lowest BCUT2D eigenvalue weighted by molar-refractivity contribution is -0.140. The molecule has 41 heavy (non-hydrogen) atoms. The fourth-order valence-electron chi connectivity index (χ4n) is 4.17. The van der Waals surface area contributed by atoms with Crippen molar-refractivity contribution in [2.24, 2.45) is 0 Å². The van der Waals surface area contributed by atoms with Crippen molar-refractivity contribution in [3.63, 3.8) is 0 Å². The van der Waals surface area contributed by atoms with E-state index in [1.807, 2.05) is 13.8 Å². The molecule has 1 N–H and O–H groups in total. The second kappa shape index (κ2) is 14.3. The van der Waals surface area contributed by atoms with Crippen LogP contribution >= 0.6 is 34.8 Å². The lowest BCUT2D eigenvalue weighted by atomic mass is 10.1. The maximum absolute atomic E-state index is 14.1. The lowest BCUT2D eigenvalue weighted by Gasteiger charge is -2.33. The van der Waals surface area contributed by atoms with Gasteiger partial charge in [-0.05, 0) is 80.4 Å². The van der Waals surface area contributed by atoms with Gasteiger partial charge in [-0.1, -0.05) is 53.9 Å². The van der Waals surface area contributed by atoms with Gasteiger partial charge in [-0.25, -0.2) is 8.42 Å². The number of carbonyl (C=O) groups is 2. The molecule has 0 saturated heterocycles. The smallest absolute Gasteiger partial charge is 0.264 e. The zero-order valence-electron chi connectivity index (χ0n) is 23.1. The van der Waals surface area contributed by atoms with Crippen LogP contribution in [-0.4, -0.2) is 50.9 Å². The number of benzene rings is 3. The third-order valence-corrected chi connectivity index (χ3v) is 8.94. The number of halogens is 3. The van der Waals surface area contributed by atoms with Gasteiger partial charge in [-0.3, -0.25) is 13.9 Å². The molecular weight excluding hydrogens is 609 g/mol. The predicted molar refractivity (Wildman–Crippen MR) is 163 cm³/mol. The maximum Gasteiger partial charge on any atom is 0.264 e. The van der Waals surface area contributed by atoms with Crippen LogP contribution in [0.3, 0.4) is 0 Å². The molecule has 0 aliphatic heterocycles. The van der Waals surface area contributed by atoms with Crippen molar-refractivity contribution in [1.82, 2.24) is 10.2 Å². The third-order valence-electron chi connectivity index (χ3n) is 6.18. The monoisotopic (exact) mass is 639 g/mol. The molecule has 0 heterocycles. The average molecular weight is 641 g/mol. The second-order valence-electron chi connectivity index (χ2n) is 9.52. The average Bonchev–Trinajstić information content (AvgIpc) is 2.92. The van der Waals surface area contributed by atoms with E-state index in [0.29, 0.717) is 26.4 Å². The number of nitrogens with one attached hydrogen (secondary N) is 1. The van der Waals surface area contributed by atoms with E-state index in [1.54, 1.807) is 43.3 Å². The molecule has 2 amide bonds. The molecule has 8 nitrogen and oxygen atoms in total. The van der Waals surface area contributed by atoms with Crippen LogP contribution < -0.4 is 14.4 Å². The molecule has 0 saturated carbocycles. The van der Waals surface area contributed by atoms with Crippen LogP contribution in [-0.2, 0) is 26.2 Å². The molecule has 0 aromatic heterocycles. The minimum Gasteiger partial charge on any atom is -0.497 e. The van der Waals surface area contributed by atoms with E-state index in [2.05, 4.69) is 5.32 Å². The lowest BCUT2D eigenvalue weighted by Crippen LogP contribution is -2.53. The van der Waals surface area contributed by atoms with Crippen LogP contribution in [0.1, 0.15) is 32.8 Å². The summed E-state index contributed by atoms with van der Waals surface area (Å²) in [5.74, 6) is -0.480. The van der Waals surface area contributed by atoms with Crippen molar-refractivity contribution in [2.75, 3.05) is 18.0 Å². The van der Waals surface area contributed by atoms with Gasteiger partial charge in [0.15, 0.2) is 0 Å². The summed E-state index contributed by atoms with van der Waals surface area (Å²) in [6.45, 7) is 4.81. The molecule has 3 rings (SSSR count). The Morgan fingerprint density at radius 2 is 1.63 bits per heavy atom. The van der Waals surface area contributed by atoms with Crippen LogP contribution in [0.15, 0.2) is 71.6 Å². The number of rotatable bonds is 12. The number of sulfonamides is 1. The molecule has 0 unspecified atom stereocenters. The van der Waals surface area contributed by atoms with Crippen LogP contribution in [0.4, 0.5) is 5.69 Å². The number of hydrogen-bond acceptors (Lipinski definition) is 5. The van der Waals surface area contributed by atoms with Crippen molar-refractivity contribution >= 4 is 62.3 Å². The number of hydrogen-bond donors (Lipinski definition) is 1. The predicted octanol–water partition coefficient (Wildman–Crippen LogP) is 6.18. The highest BCUT2D eigenvalue weighted by atomic mass is 35.5. The molecule has 0 bridgehead atoms. The van der Waals surface area contributed by atoms with Crippen molar-refractivity contribution < 1.29 is 22.7 Å². The minimum atomic E-state index is -4.25. The van der Waals surface area contributed by atoms with Gasteiger partial charge >= 0.3 is 0 Å². The molecule has 0 aliphatic rings. The summed E-state index contributed by atoms with van der Waals surface area (Å²) >= 11 is 18.5. The first-order valence-electron chi connectivity index (χ1n) is 12.8. The van der Waals surface area contributed by atoms with Crippen molar-refractivity contribution in [3.8, 4) is 5.75 Å². The Hall–Kier alpha value is -2.98. The molecule has 0 aliphatic carbocycles. The number of amides is 2.